The molecule has 4 heteroatoms. The molecule has 0 spiro atoms. The number of carbonyl (C=O) groups excluding carboxylic acids is 1. The Hall–Kier alpha value is -0.770. The molecule has 0 bridgehead atoms. The SMILES string of the molecule is CNC(C)CN(C)C(=O)OC(C)(C)C. The molecule has 1 atom stereocenters. The van der Waals surface area contributed by atoms with E-state index in [4.69, 9.17) is 4.74 Å². The molecule has 4 nitrogen and oxygen atoms in total. The van der Waals surface area contributed by atoms with Crippen LogP contribution in [0.2, 0.25) is 0 Å². The number of hydrogen-bond acceptors (Lipinski definition) is 3. The summed E-state index contributed by atoms with van der Waals surface area (Å²) < 4.78 is 5.20. The van der Waals surface area contributed by atoms with E-state index >= 15 is 0 Å². The molecule has 0 radical (unpaired) electrons. The minimum absolute atomic E-state index is 0.271. The lowest BCUT2D eigenvalue weighted by molar-refractivity contribution is 0.0287. The highest BCUT2D eigenvalue weighted by Crippen LogP contribution is 2.09. The zero-order chi connectivity index (χ0) is 11.4. The number of carbonyl (C=O) groups is 1. The second-order valence-corrected chi connectivity index (χ2v) is 4.55. The van der Waals surface area contributed by atoms with Gasteiger partial charge in [-0.15, -0.1) is 0 Å². The number of hydrogen-bond donors (Lipinski definition) is 1. The van der Waals surface area contributed by atoms with E-state index in [9.17, 15) is 4.79 Å². The van der Waals surface area contributed by atoms with E-state index in [1.165, 1.54) is 0 Å². The number of rotatable bonds is 3. The van der Waals surface area contributed by atoms with Crippen molar-refractivity contribution >= 4 is 6.09 Å². The molecule has 1 amide bonds. The third-order valence-corrected chi connectivity index (χ3v) is 1.75. The van der Waals surface area contributed by atoms with Gasteiger partial charge < -0.3 is 15.0 Å². The number of likely N-dealkylation sites (N-methyl/N-ethyl adjacent to an activating group) is 2. The van der Waals surface area contributed by atoms with Gasteiger partial charge in [-0.2, -0.15) is 0 Å². The van der Waals surface area contributed by atoms with Crippen molar-refractivity contribution in [2.24, 2.45) is 0 Å². The molecule has 84 valence electrons. The van der Waals surface area contributed by atoms with Crippen molar-refractivity contribution in [1.29, 1.82) is 0 Å². The summed E-state index contributed by atoms with van der Waals surface area (Å²) >= 11 is 0. The Kier molecular flexibility index (Phi) is 4.91. The van der Waals surface area contributed by atoms with Gasteiger partial charge in [0.1, 0.15) is 5.60 Å². The molecular weight excluding hydrogens is 180 g/mol. The third kappa shape index (κ3) is 5.80. The van der Waals surface area contributed by atoms with E-state index in [0.717, 1.165) is 0 Å². The highest BCUT2D eigenvalue weighted by molar-refractivity contribution is 5.67. The molecule has 0 aliphatic heterocycles. The fraction of sp³-hybridized carbons (Fsp3) is 0.900. The third-order valence-electron chi connectivity index (χ3n) is 1.75. The zero-order valence-corrected chi connectivity index (χ0v) is 10.0. The first-order valence-corrected chi connectivity index (χ1v) is 4.87. The van der Waals surface area contributed by atoms with Crippen LogP contribution in [0.1, 0.15) is 27.7 Å². The Morgan fingerprint density at radius 2 is 2.00 bits per heavy atom. The van der Waals surface area contributed by atoms with Gasteiger partial charge in [-0.25, -0.2) is 4.79 Å². The highest BCUT2D eigenvalue weighted by atomic mass is 16.6. The smallest absolute Gasteiger partial charge is 0.410 e. The molecular formula is C10H22N2O2. The Morgan fingerprint density at radius 1 is 1.50 bits per heavy atom. The van der Waals surface area contributed by atoms with Crippen molar-refractivity contribution in [3.8, 4) is 0 Å². The fourth-order valence-electron chi connectivity index (χ4n) is 0.916. The fourth-order valence-corrected chi connectivity index (χ4v) is 0.916. The first-order chi connectivity index (χ1) is 6.26. The van der Waals surface area contributed by atoms with Crippen LogP contribution in [0.25, 0.3) is 0 Å². The molecule has 0 saturated carbocycles. The van der Waals surface area contributed by atoms with Crippen LogP contribution in [0.3, 0.4) is 0 Å². The van der Waals surface area contributed by atoms with Gasteiger partial charge in [0.25, 0.3) is 0 Å². The maximum atomic E-state index is 11.5. The van der Waals surface area contributed by atoms with Gasteiger partial charge in [0, 0.05) is 19.6 Å². The Balaban J connectivity index is 4.00. The molecule has 0 aromatic heterocycles. The van der Waals surface area contributed by atoms with Crippen LogP contribution in [-0.4, -0.2) is 43.3 Å². The molecule has 0 aliphatic carbocycles. The summed E-state index contributed by atoms with van der Waals surface area (Å²) in [7, 11) is 3.61. The Bertz CT molecular complexity index is 187. The standard InChI is InChI=1S/C10H22N2O2/c1-8(11-5)7-12(6)9(13)14-10(2,3)4/h8,11H,7H2,1-6H3. The van der Waals surface area contributed by atoms with Gasteiger partial charge in [-0.1, -0.05) is 0 Å². The minimum atomic E-state index is -0.422. The van der Waals surface area contributed by atoms with Crippen LogP contribution in [0.5, 0.6) is 0 Å². The van der Waals surface area contributed by atoms with Crippen molar-refractivity contribution in [1.82, 2.24) is 10.2 Å². The lowest BCUT2D eigenvalue weighted by Gasteiger charge is -2.26. The summed E-state index contributed by atoms with van der Waals surface area (Å²) in [6.07, 6.45) is -0.278. The van der Waals surface area contributed by atoms with Gasteiger partial charge in [0.15, 0.2) is 0 Å². The lowest BCUT2D eigenvalue weighted by atomic mass is 10.2. The Morgan fingerprint density at radius 3 is 2.36 bits per heavy atom. The van der Waals surface area contributed by atoms with Crippen LogP contribution < -0.4 is 5.32 Å². The van der Waals surface area contributed by atoms with E-state index in [1.807, 2.05) is 34.7 Å². The van der Waals surface area contributed by atoms with Gasteiger partial charge in [-0.3, -0.25) is 0 Å². The largest absolute Gasteiger partial charge is 0.444 e. The predicted octanol–water partition coefficient (Wildman–Crippen LogP) is 1.46. The normalized spacial score (nSPS) is 13.6. The number of nitrogens with one attached hydrogen (secondary N) is 1. The summed E-state index contributed by atoms with van der Waals surface area (Å²) in [6.45, 7) is 8.24. The minimum Gasteiger partial charge on any atom is -0.444 e. The van der Waals surface area contributed by atoms with E-state index < -0.39 is 5.60 Å². The monoisotopic (exact) mass is 202 g/mol. The second-order valence-electron chi connectivity index (χ2n) is 4.55. The molecule has 0 aliphatic rings. The van der Waals surface area contributed by atoms with Crippen LogP contribution in [-0.2, 0) is 4.74 Å². The maximum Gasteiger partial charge on any atom is 0.410 e. The first kappa shape index (κ1) is 13.2. The van der Waals surface area contributed by atoms with Crippen molar-refractivity contribution in [3.63, 3.8) is 0 Å². The number of amides is 1. The van der Waals surface area contributed by atoms with Crippen LogP contribution >= 0.6 is 0 Å². The van der Waals surface area contributed by atoms with E-state index in [-0.39, 0.29) is 12.1 Å². The average molecular weight is 202 g/mol. The van der Waals surface area contributed by atoms with Crippen molar-refractivity contribution in [2.75, 3.05) is 20.6 Å². The quantitative estimate of drug-likeness (QED) is 0.753. The van der Waals surface area contributed by atoms with Crippen molar-refractivity contribution in [3.05, 3.63) is 0 Å². The maximum absolute atomic E-state index is 11.5. The van der Waals surface area contributed by atoms with Gasteiger partial charge >= 0.3 is 6.09 Å². The van der Waals surface area contributed by atoms with E-state index in [1.54, 1.807) is 11.9 Å². The van der Waals surface area contributed by atoms with E-state index in [0.29, 0.717) is 6.54 Å². The Labute approximate surface area is 86.6 Å². The molecule has 1 unspecified atom stereocenters. The van der Waals surface area contributed by atoms with Crippen LogP contribution in [0, 0.1) is 0 Å². The molecule has 0 saturated heterocycles. The topological polar surface area (TPSA) is 41.6 Å². The molecule has 0 rings (SSSR count). The van der Waals surface area contributed by atoms with Gasteiger partial charge in [-0.05, 0) is 34.7 Å². The predicted molar refractivity (Wildman–Crippen MR) is 57.4 cm³/mol. The lowest BCUT2D eigenvalue weighted by Crippen LogP contribution is -2.41. The van der Waals surface area contributed by atoms with E-state index in [2.05, 4.69) is 5.32 Å². The van der Waals surface area contributed by atoms with Gasteiger partial charge in [0.05, 0.1) is 0 Å². The second kappa shape index (κ2) is 5.20. The molecule has 0 aromatic carbocycles. The molecule has 1 N–H and O–H groups in total. The summed E-state index contributed by atoms with van der Waals surface area (Å²) in [5, 5.41) is 3.06. The summed E-state index contributed by atoms with van der Waals surface area (Å²) in [6, 6.07) is 0.271. The van der Waals surface area contributed by atoms with Gasteiger partial charge in [0.2, 0.25) is 0 Å². The molecule has 0 heterocycles. The summed E-state index contributed by atoms with van der Waals surface area (Å²) in [4.78, 5) is 13.1. The van der Waals surface area contributed by atoms with Crippen LogP contribution in [0.15, 0.2) is 0 Å². The van der Waals surface area contributed by atoms with Crippen molar-refractivity contribution in [2.45, 2.75) is 39.3 Å². The first-order valence-electron chi connectivity index (χ1n) is 4.87. The molecule has 0 aromatic rings. The number of ether oxygens (including phenoxy) is 1. The average Bonchev–Trinajstić information content (AvgIpc) is 2.00. The molecule has 14 heavy (non-hydrogen) atoms. The zero-order valence-electron chi connectivity index (χ0n) is 10.0. The highest BCUT2D eigenvalue weighted by Gasteiger charge is 2.20. The van der Waals surface area contributed by atoms with Crippen LogP contribution in [0.4, 0.5) is 4.79 Å². The summed E-state index contributed by atoms with van der Waals surface area (Å²) in [5.41, 5.74) is -0.422. The molecule has 0 fully saturated rings. The summed E-state index contributed by atoms with van der Waals surface area (Å²) in [5.74, 6) is 0. The number of nitrogens with zero attached hydrogens (tertiary/aromatic N) is 1. The van der Waals surface area contributed by atoms with Crippen molar-refractivity contribution < 1.29 is 9.53 Å².